The van der Waals surface area contributed by atoms with Crippen molar-refractivity contribution in [2.45, 2.75) is 27.2 Å². The first-order chi connectivity index (χ1) is 13.4. The molecule has 0 unspecified atom stereocenters. The Balaban J connectivity index is 1.75. The Morgan fingerprint density at radius 3 is 2.64 bits per heavy atom. The van der Waals surface area contributed by atoms with Crippen LogP contribution in [0.1, 0.15) is 30.3 Å². The van der Waals surface area contributed by atoms with Gasteiger partial charge in [-0.05, 0) is 74.0 Å². The fourth-order valence-electron chi connectivity index (χ4n) is 3.25. The summed E-state index contributed by atoms with van der Waals surface area (Å²) in [4.78, 5) is 16.7. The number of hydrogen-bond acceptors (Lipinski definition) is 4. The second-order valence-electron chi connectivity index (χ2n) is 6.51. The third kappa shape index (κ3) is 3.10. The van der Waals surface area contributed by atoms with Gasteiger partial charge in [-0.25, -0.2) is 0 Å². The number of nitrogens with zero attached hydrogens (tertiary/aromatic N) is 4. The highest BCUT2D eigenvalue weighted by atomic mass is 35.5. The fourth-order valence-corrected chi connectivity index (χ4v) is 4.20. The van der Waals surface area contributed by atoms with Gasteiger partial charge in [-0.15, -0.1) is 0 Å². The van der Waals surface area contributed by atoms with Crippen molar-refractivity contribution < 1.29 is 4.79 Å². The summed E-state index contributed by atoms with van der Waals surface area (Å²) < 4.78 is 2.09. The lowest BCUT2D eigenvalue weighted by atomic mass is 10.1. The molecule has 8 heteroatoms. The quantitative estimate of drug-likeness (QED) is 0.739. The van der Waals surface area contributed by atoms with E-state index in [0.717, 1.165) is 34.1 Å². The fraction of sp³-hybridized carbons (Fsp3) is 0.200. The van der Waals surface area contributed by atoms with Gasteiger partial charge in [0.25, 0.3) is 5.91 Å². The van der Waals surface area contributed by atoms with Gasteiger partial charge in [-0.3, -0.25) is 10.2 Å². The molecule has 1 N–H and O–H groups in total. The van der Waals surface area contributed by atoms with Crippen molar-refractivity contribution in [2.24, 2.45) is 10.1 Å². The molecule has 0 atom stereocenters. The molecular weight excluding hydrogens is 394 g/mol. The first-order valence-electron chi connectivity index (χ1n) is 8.83. The smallest absolute Gasteiger partial charge is 0.283 e. The normalized spacial score (nSPS) is 17.9. The van der Waals surface area contributed by atoms with Gasteiger partial charge in [-0.2, -0.15) is 15.1 Å². The predicted molar refractivity (Wildman–Crippen MR) is 116 cm³/mol. The van der Waals surface area contributed by atoms with Gasteiger partial charge in [0, 0.05) is 22.1 Å². The summed E-state index contributed by atoms with van der Waals surface area (Å²) in [5, 5.41) is 16.3. The minimum absolute atomic E-state index is 0.0576. The number of thioether (sulfide) groups is 1. The van der Waals surface area contributed by atoms with Crippen LogP contribution in [0.5, 0.6) is 0 Å². The molecule has 2 aliphatic heterocycles. The van der Waals surface area contributed by atoms with Crippen molar-refractivity contribution in [3.8, 4) is 5.69 Å². The number of aliphatic imine (C=N–C) groups is 1. The van der Waals surface area contributed by atoms with E-state index >= 15 is 0 Å². The van der Waals surface area contributed by atoms with Crippen molar-refractivity contribution in [3.05, 3.63) is 57.9 Å². The number of nitrogens with one attached hydrogen (secondary N) is 1. The number of rotatable bonds is 3. The molecule has 0 fully saturated rings. The molecule has 6 nitrogen and oxygen atoms in total. The minimum atomic E-state index is -0.410. The number of halogens is 1. The van der Waals surface area contributed by atoms with E-state index in [1.807, 2.05) is 51.1 Å². The van der Waals surface area contributed by atoms with E-state index in [-0.39, 0.29) is 11.4 Å². The van der Waals surface area contributed by atoms with E-state index in [1.54, 1.807) is 6.08 Å². The van der Waals surface area contributed by atoms with Gasteiger partial charge in [0.2, 0.25) is 5.17 Å². The number of amidine groups is 2. The van der Waals surface area contributed by atoms with Crippen LogP contribution in [-0.4, -0.2) is 31.5 Å². The minimum Gasteiger partial charge on any atom is -0.318 e. The topological polar surface area (TPSA) is 73.8 Å². The van der Waals surface area contributed by atoms with Crippen molar-refractivity contribution >= 4 is 51.4 Å². The summed E-state index contributed by atoms with van der Waals surface area (Å²) in [5.41, 5.74) is 4.08. The summed E-state index contributed by atoms with van der Waals surface area (Å²) in [5.74, 6) is -0.352. The Hall–Kier alpha value is -2.64. The largest absolute Gasteiger partial charge is 0.318 e. The number of benzene rings is 1. The van der Waals surface area contributed by atoms with Gasteiger partial charge in [-0.1, -0.05) is 18.5 Å². The molecule has 1 amide bonds. The number of carbonyl (C=O) groups is 1. The van der Waals surface area contributed by atoms with Crippen molar-refractivity contribution in [2.75, 3.05) is 0 Å². The van der Waals surface area contributed by atoms with Crippen LogP contribution < -0.4 is 0 Å². The van der Waals surface area contributed by atoms with Crippen LogP contribution in [0.15, 0.2) is 46.0 Å². The predicted octanol–water partition coefficient (Wildman–Crippen LogP) is 4.78. The van der Waals surface area contributed by atoms with Crippen LogP contribution in [0.2, 0.25) is 5.02 Å². The Morgan fingerprint density at radius 1 is 1.25 bits per heavy atom. The molecule has 2 aromatic rings. The lowest BCUT2D eigenvalue weighted by Gasteiger charge is -2.20. The number of fused-ring (bicyclic) bond motifs is 1. The lowest BCUT2D eigenvalue weighted by molar-refractivity contribution is -0.114. The van der Waals surface area contributed by atoms with Crippen LogP contribution in [0.4, 0.5) is 0 Å². The Kier molecular flexibility index (Phi) is 4.72. The summed E-state index contributed by atoms with van der Waals surface area (Å²) in [6.45, 7) is 5.97. The number of carbonyl (C=O) groups excluding carboxylic acids is 1. The van der Waals surface area contributed by atoms with E-state index in [4.69, 9.17) is 17.0 Å². The molecular formula is C20H18ClN5OS. The number of hydrazone groups is 1. The van der Waals surface area contributed by atoms with Gasteiger partial charge < -0.3 is 4.57 Å². The van der Waals surface area contributed by atoms with E-state index in [9.17, 15) is 4.79 Å². The Morgan fingerprint density at radius 2 is 1.96 bits per heavy atom. The van der Waals surface area contributed by atoms with E-state index < -0.39 is 5.91 Å². The van der Waals surface area contributed by atoms with Gasteiger partial charge in [0.05, 0.1) is 5.57 Å². The molecule has 2 aliphatic rings. The van der Waals surface area contributed by atoms with Gasteiger partial charge >= 0.3 is 0 Å². The van der Waals surface area contributed by atoms with E-state index in [2.05, 4.69) is 14.7 Å². The maximum absolute atomic E-state index is 12.5. The first kappa shape index (κ1) is 18.7. The molecule has 28 heavy (non-hydrogen) atoms. The summed E-state index contributed by atoms with van der Waals surface area (Å²) >= 11 is 7.34. The van der Waals surface area contributed by atoms with E-state index in [0.29, 0.717) is 10.2 Å². The lowest BCUT2D eigenvalue weighted by Crippen LogP contribution is -2.35. The average Bonchev–Trinajstić information content (AvgIpc) is 3.20. The zero-order valence-electron chi connectivity index (χ0n) is 15.7. The maximum atomic E-state index is 12.5. The number of amides is 1. The van der Waals surface area contributed by atoms with Crippen LogP contribution >= 0.6 is 23.4 Å². The maximum Gasteiger partial charge on any atom is 0.283 e. The number of hydrogen-bond donors (Lipinski definition) is 1. The molecule has 3 heterocycles. The highest BCUT2D eigenvalue weighted by Gasteiger charge is 2.35. The molecule has 0 bridgehead atoms. The van der Waals surface area contributed by atoms with Crippen LogP contribution in [0.25, 0.3) is 11.8 Å². The molecule has 4 rings (SSSR count). The molecule has 142 valence electrons. The summed E-state index contributed by atoms with van der Waals surface area (Å²) in [6.07, 6.45) is 2.47. The van der Waals surface area contributed by atoms with Crippen molar-refractivity contribution in [3.63, 3.8) is 0 Å². The molecule has 0 saturated carbocycles. The molecule has 1 aromatic heterocycles. The monoisotopic (exact) mass is 411 g/mol. The highest BCUT2D eigenvalue weighted by Crippen LogP contribution is 2.30. The third-order valence-electron chi connectivity index (χ3n) is 4.65. The molecule has 0 aliphatic carbocycles. The number of aromatic nitrogens is 1. The van der Waals surface area contributed by atoms with Crippen molar-refractivity contribution in [1.82, 2.24) is 9.58 Å². The zero-order chi connectivity index (χ0) is 20.0. The summed E-state index contributed by atoms with van der Waals surface area (Å²) in [7, 11) is 0. The Labute approximate surface area is 172 Å². The van der Waals surface area contributed by atoms with Gasteiger partial charge in [0.1, 0.15) is 5.04 Å². The average molecular weight is 412 g/mol. The van der Waals surface area contributed by atoms with Crippen LogP contribution in [0.3, 0.4) is 0 Å². The highest BCUT2D eigenvalue weighted by molar-refractivity contribution is 8.26. The molecule has 0 saturated heterocycles. The molecule has 0 radical (unpaired) electrons. The molecule has 0 spiro atoms. The standard InChI is InChI=1S/C20H18ClN5OS/c1-4-17-24-26-18(22)16(19(27)23-20(26)28-17)10-13-9-11(2)25(12(13)3)15-7-5-14(21)6-8-15/h5-10,22H,4H2,1-3H3/b16-10+,22-18?. The second-order valence-corrected chi connectivity index (χ2v) is 7.98. The Bertz CT molecular complexity index is 1090. The third-order valence-corrected chi connectivity index (χ3v) is 5.96. The van der Waals surface area contributed by atoms with Crippen molar-refractivity contribution in [1.29, 1.82) is 5.41 Å². The SMILES string of the molecule is CCC1=NN2C(=N)/C(=C\c3cc(C)n(-c4ccc(Cl)cc4)c3C)C(=O)N=C2S1. The van der Waals surface area contributed by atoms with E-state index in [1.165, 1.54) is 16.8 Å². The van der Waals surface area contributed by atoms with Gasteiger partial charge in [0.15, 0.2) is 5.84 Å². The zero-order valence-corrected chi connectivity index (χ0v) is 17.2. The van der Waals surface area contributed by atoms with Crippen LogP contribution in [0, 0.1) is 19.3 Å². The second kappa shape index (κ2) is 7.07. The van der Waals surface area contributed by atoms with Crippen LogP contribution in [-0.2, 0) is 4.79 Å². The number of aryl methyl sites for hydroxylation is 1. The molecule has 1 aromatic carbocycles. The summed E-state index contributed by atoms with van der Waals surface area (Å²) in [6, 6.07) is 9.59. The first-order valence-corrected chi connectivity index (χ1v) is 10.0.